The van der Waals surface area contributed by atoms with E-state index >= 15 is 0 Å². The van der Waals surface area contributed by atoms with Crippen LogP contribution in [0.5, 0.6) is 0 Å². The summed E-state index contributed by atoms with van der Waals surface area (Å²) in [6.45, 7) is 9.11. The van der Waals surface area contributed by atoms with Crippen molar-refractivity contribution < 1.29 is 13.2 Å². The van der Waals surface area contributed by atoms with E-state index in [4.69, 9.17) is 0 Å². The quantitative estimate of drug-likeness (QED) is 0.838. The summed E-state index contributed by atoms with van der Waals surface area (Å²) in [5.41, 5.74) is 2.54. The highest BCUT2D eigenvalue weighted by Gasteiger charge is 2.36. The van der Waals surface area contributed by atoms with Crippen LogP contribution in [0.2, 0.25) is 0 Å². The van der Waals surface area contributed by atoms with Gasteiger partial charge in [-0.2, -0.15) is 8.42 Å². The van der Waals surface area contributed by atoms with E-state index in [1.54, 1.807) is 0 Å². The zero-order valence-corrected chi connectivity index (χ0v) is 17.8. The number of amidine groups is 1. The first kappa shape index (κ1) is 20.6. The molecule has 1 saturated heterocycles. The summed E-state index contributed by atoms with van der Waals surface area (Å²) in [7, 11) is -3.71. The van der Waals surface area contributed by atoms with Crippen molar-refractivity contribution in [3.63, 3.8) is 0 Å². The number of hydrogen-bond donors (Lipinski definition) is 1. The lowest BCUT2D eigenvalue weighted by atomic mass is 9.94. The van der Waals surface area contributed by atoms with Gasteiger partial charge < -0.3 is 10.2 Å². The molecule has 0 unspecified atom stereocenters. The maximum Gasteiger partial charge on any atom is 0.285 e. The van der Waals surface area contributed by atoms with Gasteiger partial charge in [0.1, 0.15) is 10.7 Å². The average Bonchev–Trinajstić information content (AvgIpc) is 2.92. The second kappa shape index (κ2) is 8.07. The van der Waals surface area contributed by atoms with Crippen molar-refractivity contribution in [3.8, 4) is 0 Å². The van der Waals surface area contributed by atoms with Crippen molar-refractivity contribution >= 4 is 26.7 Å². The van der Waals surface area contributed by atoms with Gasteiger partial charge in [0.25, 0.3) is 10.0 Å². The van der Waals surface area contributed by atoms with Crippen LogP contribution in [0.3, 0.4) is 0 Å². The molecular formula is C21H29N3O3S. The van der Waals surface area contributed by atoms with Crippen LogP contribution < -0.4 is 5.32 Å². The van der Waals surface area contributed by atoms with E-state index in [-0.39, 0.29) is 17.9 Å². The molecule has 152 valence electrons. The molecule has 28 heavy (non-hydrogen) atoms. The third kappa shape index (κ3) is 4.14. The summed E-state index contributed by atoms with van der Waals surface area (Å²) >= 11 is 0. The molecule has 1 N–H and O–H groups in total. The van der Waals surface area contributed by atoms with Crippen molar-refractivity contribution in [2.45, 2.75) is 53.0 Å². The first-order valence-electron chi connectivity index (χ1n) is 9.93. The SMILES string of the molecule is CCC1=C(c2ccc(C)cc2)S(=O)(=O)N=C1N1CCC(C(=O)NC(C)C)CC1. The van der Waals surface area contributed by atoms with E-state index in [9.17, 15) is 13.2 Å². The first-order valence-corrected chi connectivity index (χ1v) is 11.4. The van der Waals surface area contributed by atoms with Crippen LogP contribution in [-0.2, 0) is 14.8 Å². The Bertz CT molecular complexity index is 907. The number of amides is 1. The summed E-state index contributed by atoms with van der Waals surface area (Å²) in [5.74, 6) is 0.617. The van der Waals surface area contributed by atoms with Crippen molar-refractivity contribution in [3.05, 3.63) is 41.0 Å². The van der Waals surface area contributed by atoms with Gasteiger partial charge in [-0.1, -0.05) is 36.8 Å². The van der Waals surface area contributed by atoms with Crippen LogP contribution in [0, 0.1) is 12.8 Å². The lowest BCUT2D eigenvalue weighted by Crippen LogP contribution is -2.44. The number of sulfonamides is 1. The molecule has 2 heterocycles. The minimum atomic E-state index is -3.71. The zero-order chi connectivity index (χ0) is 20.5. The summed E-state index contributed by atoms with van der Waals surface area (Å²) in [6.07, 6.45) is 2.00. The highest BCUT2D eigenvalue weighted by molar-refractivity contribution is 8.00. The zero-order valence-electron chi connectivity index (χ0n) is 17.0. The smallest absolute Gasteiger partial charge is 0.285 e. The van der Waals surface area contributed by atoms with Gasteiger partial charge in [-0.25, -0.2) is 0 Å². The Labute approximate surface area is 167 Å². The fraction of sp³-hybridized carbons (Fsp3) is 0.524. The van der Waals surface area contributed by atoms with E-state index in [1.807, 2.05) is 56.9 Å². The Morgan fingerprint density at radius 3 is 2.36 bits per heavy atom. The van der Waals surface area contributed by atoms with E-state index in [0.717, 1.165) is 11.1 Å². The molecule has 2 aliphatic heterocycles. The largest absolute Gasteiger partial charge is 0.356 e. The standard InChI is InChI=1S/C21H29N3O3S/c1-5-18-19(16-8-6-15(4)7-9-16)28(26,27)23-20(18)24-12-10-17(11-13-24)21(25)22-14(2)3/h6-9,14,17H,5,10-13H2,1-4H3,(H,22,25). The van der Waals surface area contributed by atoms with Gasteiger partial charge in [0.15, 0.2) is 0 Å². The number of benzene rings is 1. The van der Waals surface area contributed by atoms with Crippen LogP contribution in [0.1, 0.15) is 51.2 Å². The molecule has 0 aromatic heterocycles. The molecule has 0 aliphatic carbocycles. The van der Waals surface area contributed by atoms with Crippen LogP contribution in [0.4, 0.5) is 0 Å². The Kier molecular flexibility index (Phi) is 5.93. The van der Waals surface area contributed by atoms with Gasteiger partial charge in [0.2, 0.25) is 5.91 Å². The monoisotopic (exact) mass is 403 g/mol. The minimum absolute atomic E-state index is 0.0251. The van der Waals surface area contributed by atoms with E-state index in [1.165, 1.54) is 0 Å². The predicted molar refractivity (Wildman–Crippen MR) is 112 cm³/mol. The molecule has 0 bridgehead atoms. The molecular weight excluding hydrogens is 374 g/mol. The fourth-order valence-corrected chi connectivity index (χ4v) is 5.35. The van der Waals surface area contributed by atoms with Crippen molar-refractivity contribution in [2.24, 2.45) is 10.3 Å². The van der Waals surface area contributed by atoms with Crippen LogP contribution in [-0.4, -0.2) is 44.2 Å². The van der Waals surface area contributed by atoms with Crippen molar-refractivity contribution in [1.82, 2.24) is 10.2 Å². The maximum absolute atomic E-state index is 12.8. The third-order valence-electron chi connectivity index (χ3n) is 5.27. The normalized spacial score (nSPS) is 19.9. The van der Waals surface area contributed by atoms with E-state index in [2.05, 4.69) is 9.71 Å². The molecule has 0 atom stereocenters. The lowest BCUT2D eigenvalue weighted by molar-refractivity contribution is -0.126. The number of carbonyl (C=O) groups excluding carboxylic acids is 1. The number of rotatable bonds is 4. The molecule has 7 heteroatoms. The molecule has 0 radical (unpaired) electrons. The van der Waals surface area contributed by atoms with E-state index in [0.29, 0.717) is 48.7 Å². The minimum Gasteiger partial charge on any atom is -0.356 e. The molecule has 0 saturated carbocycles. The lowest BCUT2D eigenvalue weighted by Gasteiger charge is -2.33. The number of piperidine rings is 1. The second-order valence-electron chi connectivity index (χ2n) is 7.84. The second-order valence-corrected chi connectivity index (χ2v) is 9.38. The molecule has 1 aromatic carbocycles. The third-order valence-corrected chi connectivity index (χ3v) is 6.68. The van der Waals surface area contributed by atoms with Gasteiger partial charge >= 0.3 is 0 Å². The predicted octanol–water partition coefficient (Wildman–Crippen LogP) is 3.09. The number of hydrogen-bond acceptors (Lipinski definition) is 4. The number of carbonyl (C=O) groups is 1. The Hall–Kier alpha value is -2.15. The van der Waals surface area contributed by atoms with Gasteiger partial charge in [0.05, 0.1) is 0 Å². The molecule has 1 amide bonds. The molecule has 2 aliphatic rings. The Morgan fingerprint density at radius 1 is 1.21 bits per heavy atom. The number of likely N-dealkylation sites (tertiary alicyclic amines) is 1. The molecule has 1 fully saturated rings. The highest BCUT2D eigenvalue weighted by Crippen LogP contribution is 2.36. The summed E-state index contributed by atoms with van der Waals surface area (Å²) < 4.78 is 29.8. The Morgan fingerprint density at radius 2 is 1.82 bits per heavy atom. The van der Waals surface area contributed by atoms with E-state index < -0.39 is 10.0 Å². The number of aryl methyl sites for hydroxylation is 1. The average molecular weight is 404 g/mol. The fourth-order valence-electron chi connectivity index (χ4n) is 3.82. The summed E-state index contributed by atoms with van der Waals surface area (Å²) in [5, 5.41) is 2.97. The molecule has 1 aromatic rings. The maximum atomic E-state index is 12.8. The summed E-state index contributed by atoms with van der Waals surface area (Å²) in [4.78, 5) is 14.6. The van der Waals surface area contributed by atoms with Gasteiger partial charge in [0, 0.05) is 30.6 Å². The Balaban J connectivity index is 1.83. The number of nitrogens with one attached hydrogen (secondary N) is 1. The van der Waals surface area contributed by atoms with Crippen LogP contribution >= 0.6 is 0 Å². The topological polar surface area (TPSA) is 78.8 Å². The number of nitrogens with zero attached hydrogens (tertiary/aromatic N) is 2. The molecule has 6 nitrogen and oxygen atoms in total. The summed E-state index contributed by atoms with van der Waals surface area (Å²) in [6, 6.07) is 7.66. The van der Waals surface area contributed by atoms with Crippen molar-refractivity contribution in [2.75, 3.05) is 13.1 Å². The van der Waals surface area contributed by atoms with Gasteiger partial charge in [-0.05, 0) is 45.6 Å². The molecule has 3 rings (SSSR count). The van der Waals surface area contributed by atoms with Gasteiger partial charge in [-0.3, -0.25) is 4.79 Å². The van der Waals surface area contributed by atoms with Crippen LogP contribution in [0.25, 0.3) is 4.91 Å². The van der Waals surface area contributed by atoms with Crippen LogP contribution in [0.15, 0.2) is 34.2 Å². The van der Waals surface area contributed by atoms with Gasteiger partial charge in [-0.15, -0.1) is 4.40 Å². The van der Waals surface area contributed by atoms with Crippen molar-refractivity contribution in [1.29, 1.82) is 0 Å². The molecule has 0 spiro atoms. The highest BCUT2D eigenvalue weighted by atomic mass is 32.2. The first-order chi connectivity index (χ1) is 13.2.